The third-order valence-electron chi connectivity index (χ3n) is 2.85. The Kier molecular flexibility index (Phi) is 2.16. The average Bonchev–Trinajstić information content (AvgIpc) is 2.74. The molecule has 0 bridgehead atoms. The van der Waals surface area contributed by atoms with Crippen molar-refractivity contribution in [2.45, 2.75) is 6.10 Å². The minimum atomic E-state index is -0.500. The molecule has 1 unspecified atom stereocenters. The summed E-state index contributed by atoms with van der Waals surface area (Å²) in [6, 6.07) is 19.0. The molecule has 0 amide bonds. The summed E-state index contributed by atoms with van der Waals surface area (Å²) in [7, 11) is -0.500. The van der Waals surface area contributed by atoms with Crippen LogP contribution < -0.4 is 5.19 Å². The van der Waals surface area contributed by atoms with E-state index in [1.165, 1.54) is 16.3 Å². The van der Waals surface area contributed by atoms with Gasteiger partial charge in [-0.3, -0.25) is 0 Å². The molecule has 0 fully saturated rings. The van der Waals surface area contributed by atoms with Gasteiger partial charge < -0.3 is 4.43 Å². The first kappa shape index (κ1) is 8.89. The molecule has 0 aromatic heterocycles. The standard InChI is InChI=1S/C13H12OSi/c1-2-6-10(7-3-1)13-11-8-4-5-9-12(11)15-14-13/h1-9,13H,15H2. The number of rotatable bonds is 1. The molecule has 0 radical (unpaired) electrons. The van der Waals surface area contributed by atoms with Crippen molar-refractivity contribution in [1.82, 2.24) is 0 Å². The first-order valence-corrected chi connectivity index (χ1v) is 6.48. The molecule has 0 saturated carbocycles. The van der Waals surface area contributed by atoms with Crippen molar-refractivity contribution in [3.63, 3.8) is 0 Å². The van der Waals surface area contributed by atoms with Gasteiger partial charge in [0.05, 0.1) is 6.10 Å². The van der Waals surface area contributed by atoms with E-state index in [4.69, 9.17) is 4.43 Å². The molecule has 3 rings (SSSR count). The molecule has 1 atom stereocenters. The highest BCUT2D eigenvalue weighted by atomic mass is 28.2. The van der Waals surface area contributed by atoms with Crippen LogP contribution in [0.4, 0.5) is 0 Å². The Morgan fingerprint density at radius 2 is 1.60 bits per heavy atom. The summed E-state index contributed by atoms with van der Waals surface area (Å²) in [5, 5.41) is 1.45. The van der Waals surface area contributed by atoms with Gasteiger partial charge in [-0.15, -0.1) is 0 Å². The molecule has 1 aliphatic heterocycles. The van der Waals surface area contributed by atoms with Crippen LogP contribution in [0.5, 0.6) is 0 Å². The molecule has 1 heterocycles. The second-order valence-corrected chi connectivity index (χ2v) is 5.18. The lowest BCUT2D eigenvalue weighted by molar-refractivity contribution is 0.280. The van der Waals surface area contributed by atoms with Gasteiger partial charge in [-0.1, -0.05) is 54.6 Å². The van der Waals surface area contributed by atoms with Crippen LogP contribution in [-0.4, -0.2) is 9.76 Å². The van der Waals surface area contributed by atoms with E-state index >= 15 is 0 Å². The van der Waals surface area contributed by atoms with Gasteiger partial charge >= 0.3 is 0 Å². The highest BCUT2D eigenvalue weighted by molar-refractivity contribution is 6.49. The summed E-state index contributed by atoms with van der Waals surface area (Å²) in [5.74, 6) is 0. The van der Waals surface area contributed by atoms with E-state index in [1.54, 1.807) is 0 Å². The Bertz CT molecular complexity index is 467. The molecule has 0 saturated heterocycles. The predicted molar refractivity (Wildman–Crippen MR) is 64.0 cm³/mol. The number of hydrogen-bond donors (Lipinski definition) is 0. The summed E-state index contributed by atoms with van der Waals surface area (Å²) >= 11 is 0. The van der Waals surface area contributed by atoms with E-state index in [9.17, 15) is 0 Å². The van der Waals surface area contributed by atoms with Crippen molar-refractivity contribution in [2.24, 2.45) is 0 Å². The van der Waals surface area contributed by atoms with Gasteiger partial charge in [-0.25, -0.2) is 0 Å². The van der Waals surface area contributed by atoms with Crippen LogP contribution in [0.3, 0.4) is 0 Å². The minimum absolute atomic E-state index is 0.189. The zero-order valence-corrected chi connectivity index (χ0v) is 9.80. The lowest BCUT2D eigenvalue weighted by Crippen LogP contribution is -2.09. The molecule has 15 heavy (non-hydrogen) atoms. The van der Waals surface area contributed by atoms with Gasteiger partial charge in [0.15, 0.2) is 9.76 Å². The zero-order valence-electron chi connectivity index (χ0n) is 8.39. The molecule has 0 N–H and O–H groups in total. The molecule has 0 spiro atoms. The van der Waals surface area contributed by atoms with E-state index in [2.05, 4.69) is 48.5 Å². The summed E-state index contributed by atoms with van der Waals surface area (Å²) < 4.78 is 5.95. The summed E-state index contributed by atoms with van der Waals surface area (Å²) in [6.07, 6.45) is 0.189. The Hall–Kier alpha value is -1.38. The van der Waals surface area contributed by atoms with Gasteiger partial charge in [0, 0.05) is 0 Å². The largest absolute Gasteiger partial charge is 0.408 e. The van der Waals surface area contributed by atoms with Crippen molar-refractivity contribution in [3.05, 3.63) is 65.7 Å². The molecule has 2 heteroatoms. The van der Waals surface area contributed by atoms with E-state index in [-0.39, 0.29) is 6.10 Å². The fraction of sp³-hybridized carbons (Fsp3) is 0.0769. The Balaban J connectivity index is 2.05. The Labute approximate surface area is 91.7 Å². The third kappa shape index (κ3) is 1.52. The highest BCUT2D eigenvalue weighted by Gasteiger charge is 2.23. The van der Waals surface area contributed by atoms with Crippen LogP contribution >= 0.6 is 0 Å². The van der Waals surface area contributed by atoms with Gasteiger partial charge in [0.2, 0.25) is 0 Å². The van der Waals surface area contributed by atoms with Crippen LogP contribution in [-0.2, 0) is 4.43 Å². The van der Waals surface area contributed by atoms with Crippen molar-refractivity contribution in [2.75, 3.05) is 0 Å². The second-order valence-electron chi connectivity index (χ2n) is 3.80. The maximum atomic E-state index is 5.95. The second kappa shape index (κ2) is 3.64. The first-order valence-electron chi connectivity index (χ1n) is 5.19. The average molecular weight is 212 g/mol. The molecule has 74 valence electrons. The molecule has 0 aliphatic carbocycles. The number of hydrogen-bond acceptors (Lipinski definition) is 1. The van der Waals surface area contributed by atoms with Crippen molar-refractivity contribution < 1.29 is 4.43 Å². The first-order chi connectivity index (χ1) is 7.45. The van der Waals surface area contributed by atoms with E-state index in [0.717, 1.165) is 0 Å². The maximum absolute atomic E-state index is 5.95. The Morgan fingerprint density at radius 1 is 0.867 bits per heavy atom. The molecule has 2 aromatic carbocycles. The normalized spacial score (nSPS) is 20.4. The monoisotopic (exact) mass is 212 g/mol. The molecule has 1 aliphatic rings. The fourth-order valence-corrected chi connectivity index (χ4v) is 3.51. The third-order valence-corrected chi connectivity index (χ3v) is 4.30. The van der Waals surface area contributed by atoms with Crippen molar-refractivity contribution in [3.8, 4) is 0 Å². The van der Waals surface area contributed by atoms with Crippen LogP contribution in [0.1, 0.15) is 17.2 Å². The van der Waals surface area contributed by atoms with Crippen LogP contribution in [0.15, 0.2) is 54.6 Å². The smallest absolute Gasteiger partial charge is 0.193 e. The summed E-state index contributed by atoms with van der Waals surface area (Å²) in [4.78, 5) is 0. The van der Waals surface area contributed by atoms with E-state index in [0.29, 0.717) is 0 Å². The van der Waals surface area contributed by atoms with E-state index in [1.807, 2.05) is 6.07 Å². The van der Waals surface area contributed by atoms with Crippen LogP contribution in [0, 0.1) is 0 Å². The zero-order chi connectivity index (χ0) is 10.1. The Morgan fingerprint density at radius 3 is 2.47 bits per heavy atom. The predicted octanol–water partition coefficient (Wildman–Crippen LogP) is 1.52. The lowest BCUT2D eigenvalue weighted by Gasteiger charge is -2.11. The summed E-state index contributed by atoms with van der Waals surface area (Å²) in [6.45, 7) is 0. The van der Waals surface area contributed by atoms with Crippen LogP contribution in [0.2, 0.25) is 0 Å². The summed E-state index contributed by atoms with van der Waals surface area (Å²) in [5.41, 5.74) is 2.64. The number of fused-ring (bicyclic) bond motifs is 1. The highest BCUT2D eigenvalue weighted by Crippen LogP contribution is 2.27. The van der Waals surface area contributed by atoms with Gasteiger partial charge in [-0.05, 0) is 16.3 Å². The van der Waals surface area contributed by atoms with Crippen molar-refractivity contribution >= 4 is 14.9 Å². The van der Waals surface area contributed by atoms with Crippen molar-refractivity contribution in [1.29, 1.82) is 0 Å². The van der Waals surface area contributed by atoms with Gasteiger partial charge in [0.1, 0.15) is 0 Å². The van der Waals surface area contributed by atoms with Gasteiger partial charge in [-0.2, -0.15) is 0 Å². The van der Waals surface area contributed by atoms with Gasteiger partial charge in [0.25, 0.3) is 0 Å². The van der Waals surface area contributed by atoms with Crippen LogP contribution in [0.25, 0.3) is 0 Å². The topological polar surface area (TPSA) is 9.23 Å². The minimum Gasteiger partial charge on any atom is -0.408 e. The molecular formula is C13H12OSi. The fourth-order valence-electron chi connectivity index (χ4n) is 2.09. The lowest BCUT2D eigenvalue weighted by atomic mass is 10.0. The quantitative estimate of drug-likeness (QED) is 0.651. The molecule has 2 aromatic rings. The number of benzene rings is 2. The molecule has 1 nitrogen and oxygen atoms in total. The SMILES string of the molecule is c1ccc(C2O[SiH2]c3ccccc32)cc1. The van der Waals surface area contributed by atoms with E-state index < -0.39 is 9.76 Å². The molecular weight excluding hydrogens is 200 g/mol. The maximum Gasteiger partial charge on any atom is 0.193 e.